The Bertz CT molecular complexity index is 221. The fourth-order valence-electron chi connectivity index (χ4n) is 1.48. The van der Waals surface area contributed by atoms with E-state index in [0.717, 1.165) is 19.5 Å². The van der Waals surface area contributed by atoms with Crippen molar-refractivity contribution in [1.29, 1.82) is 0 Å². The summed E-state index contributed by atoms with van der Waals surface area (Å²) in [7, 11) is 0. The van der Waals surface area contributed by atoms with E-state index in [0.29, 0.717) is 13.0 Å². The summed E-state index contributed by atoms with van der Waals surface area (Å²) >= 11 is 0. The van der Waals surface area contributed by atoms with Crippen LogP contribution in [-0.2, 0) is 9.53 Å². The third kappa shape index (κ3) is 3.19. The van der Waals surface area contributed by atoms with E-state index in [2.05, 4.69) is 12.2 Å². The summed E-state index contributed by atoms with van der Waals surface area (Å²) in [5.41, 5.74) is 2.54. The molecule has 0 aromatic carbocycles. The lowest BCUT2D eigenvalue weighted by molar-refractivity contribution is -0.142. The Kier molecular flexibility index (Phi) is 3.96. The number of hydrogen-bond donors (Lipinski definition) is 1. The van der Waals surface area contributed by atoms with Gasteiger partial charge in [-0.1, -0.05) is 11.1 Å². The molecule has 1 N–H and O–H groups in total. The largest absolute Gasteiger partial charge is 0.466 e. The summed E-state index contributed by atoms with van der Waals surface area (Å²) in [6.45, 7) is 6.27. The van der Waals surface area contributed by atoms with Gasteiger partial charge in [-0.2, -0.15) is 0 Å². The Labute approximate surface area is 79.2 Å². The zero-order chi connectivity index (χ0) is 9.68. The number of rotatable bonds is 3. The molecule has 3 heteroatoms. The summed E-state index contributed by atoms with van der Waals surface area (Å²) in [4.78, 5) is 11.2. The Morgan fingerprint density at radius 1 is 1.62 bits per heavy atom. The molecule has 0 unspecified atom stereocenters. The number of nitrogens with one attached hydrogen (secondary N) is 1. The highest BCUT2D eigenvalue weighted by Gasteiger charge is 2.12. The second-order valence-corrected chi connectivity index (χ2v) is 3.29. The van der Waals surface area contributed by atoms with Crippen LogP contribution in [0.25, 0.3) is 0 Å². The highest BCUT2D eigenvalue weighted by molar-refractivity contribution is 5.72. The van der Waals surface area contributed by atoms with Gasteiger partial charge in [-0.15, -0.1) is 0 Å². The smallest absolute Gasteiger partial charge is 0.309 e. The topological polar surface area (TPSA) is 38.3 Å². The minimum Gasteiger partial charge on any atom is -0.466 e. The van der Waals surface area contributed by atoms with Gasteiger partial charge in [0.05, 0.1) is 13.0 Å². The van der Waals surface area contributed by atoms with Gasteiger partial charge in [-0.05, 0) is 26.8 Å². The van der Waals surface area contributed by atoms with Crippen LogP contribution in [0, 0.1) is 0 Å². The van der Waals surface area contributed by atoms with Crippen LogP contribution in [-0.4, -0.2) is 25.7 Å². The van der Waals surface area contributed by atoms with Gasteiger partial charge in [0.25, 0.3) is 0 Å². The van der Waals surface area contributed by atoms with Crippen molar-refractivity contribution >= 4 is 5.97 Å². The standard InChI is InChI=1S/C10H17NO2/c1-3-13-10(12)6-9-4-5-11-7-8(9)2/h11H,3-7H2,1-2H3. The molecule has 1 heterocycles. The minimum absolute atomic E-state index is 0.0984. The maximum atomic E-state index is 11.2. The first-order chi connectivity index (χ1) is 6.24. The molecule has 0 atom stereocenters. The van der Waals surface area contributed by atoms with Gasteiger partial charge in [0, 0.05) is 6.54 Å². The lowest BCUT2D eigenvalue weighted by Gasteiger charge is -2.18. The van der Waals surface area contributed by atoms with Crippen molar-refractivity contribution in [2.45, 2.75) is 26.7 Å². The first kappa shape index (κ1) is 10.3. The van der Waals surface area contributed by atoms with E-state index < -0.39 is 0 Å². The molecule has 0 amide bonds. The van der Waals surface area contributed by atoms with Crippen molar-refractivity contribution in [3.63, 3.8) is 0 Å². The predicted octanol–water partition coefficient (Wildman–Crippen LogP) is 1.25. The van der Waals surface area contributed by atoms with Crippen LogP contribution in [0.2, 0.25) is 0 Å². The van der Waals surface area contributed by atoms with Gasteiger partial charge in [-0.3, -0.25) is 4.79 Å². The Balaban J connectivity index is 2.46. The van der Waals surface area contributed by atoms with Crippen LogP contribution in [0.15, 0.2) is 11.1 Å². The Morgan fingerprint density at radius 2 is 2.38 bits per heavy atom. The first-order valence-electron chi connectivity index (χ1n) is 4.78. The van der Waals surface area contributed by atoms with E-state index in [1.807, 2.05) is 6.92 Å². The normalized spacial score (nSPS) is 17.4. The van der Waals surface area contributed by atoms with E-state index in [1.54, 1.807) is 0 Å². The van der Waals surface area contributed by atoms with Gasteiger partial charge in [-0.25, -0.2) is 0 Å². The van der Waals surface area contributed by atoms with Crippen molar-refractivity contribution in [3.8, 4) is 0 Å². The van der Waals surface area contributed by atoms with Gasteiger partial charge in [0.1, 0.15) is 0 Å². The van der Waals surface area contributed by atoms with Crippen molar-refractivity contribution < 1.29 is 9.53 Å². The van der Waals surface area contributed by atoms with Crippen LogP contribution in [0.5, 0.6) is 0 Å². The summed E-state index contributed by atoms with van der Waals surface area (Å²) in [6.07, 6.45) is 1.45. The molecule has 0 bridgehead atoms. The summed E-state index contributed by atoms with van der Waals surface area (Å²) < 4.78 is 4.90. The highest BCUT2D eigenvalue weighted by Crippen LogP contribution is 2.16. The maximum absolute atomic E-state index is 11.2. The van der Waals surface area contributed by atoms with E-state index >= 15 is 0 Å². The predicted molar refractivity (Wildman–Crippen MR) is 51.4 cm³/mol. The maximum Gasteiger partial charge on any atom is 0.309 e. The first-order valence-corrected chi connectivity index (χ1v) is 4.78. The molecule has 1 aliphatic heterocycles. The second-order valence-electron chi connectivity index (χ2n) is 3.29. The zero-order valence-corrected chi connectivity index (χ0v) is 8.35. The lowest BCUT2D eigenvalue weighted by atomic mass is 10.00. The van der Waals surface area contributed by atoms with Gasteiger partial charge in [0.15, 0.2) is 0 Å². The molecule has 1 rings (SSSR count). The molecule has 0 aliphatic carbocycles. The van der Waals surface area contributed by atoms with Gasteiger partial charge in [0.2, 0.25) is 0 Å². The monoisotopic (exact) mass is 183 g/mol. The number of hydrogen-bond acceptors (Lipinski definition) is 3. The van der Waals surface area contributed by atoms with Gasteiger partial charge < -0.3 is 10.1 Å². The molecule has 0 saturated heterocycles. The van der Waals surface area contributed by atoms with Crippen LogP contribution in [0.3, 0.4) is 0 Å². The summed E-state index contributed by atoms with van der Waals surface area (Å²) in [5, 5.41) is 3.26. The molecule has 0 radical (unpaired) electrons. The molecule has 0 spiro atoms. The molecule has 3 nitrogen and oxygen atoms in total. The molecule has 13 heavy (non-hydrogen) atoms. The van der Waals surface area contributed by atoms with Crippen LogP contribution in [0.4, 0.5) is 0 Å². The summed E-state index contributed by atoms with van der Waals surface area (Å²) in [5.74, 6) is -0.0984. The average molecular weight is 183 g/mol. The Morgan fingerprint density at radius 3 is 3.00 bits per heavy atom. The number of esters is 1. The van der Waals surface area contributed by atoms with Crippen molar-refractivity contribution in [1.82, 2.24) is 5.32 Å². The fourth-order valence-corrected chi connectivity index (χ4v) is 1.48. The van der Waals surface area contributed by atoms with Crippen LogP contribution < -0.4 is 5.32 Å². The zero-order valence-electron chi connectivity index (χ0n) is 8.35. The molecule has 74 valence electrons. The van der Waals surface area contributed by atoms with E-state index in [9.17, 15) is 4.79 Å². The van der Waals surface area contributed by atoms with Crippen LogP contribution in [0.1, 0.15) is 26.7 Å². The van der Waals surface area contributed by atoms with E-state index in [1.165, 1.54) is 11.1 Å². The second kappa shape index (κ2) is 5.02. The van der Waals surface area contributed by atoms with Crippen LogP contribution >= 0.6 is 0 Å². The molecule has 0 fully saturated rings. The van der Waals surface area contributed by atoms with E-state index in [4.69, 9.17) is 4.74 Å². The minimum atomic E-state index is -0.0984. The van der Waals surface area contributed by atoms with Gasteiger partial charge >= 0.3 is 5.97 Å². The quantitative estimate of drug-likeness (QED) is 0.528. The molecule has 0 saturated carbocycles. The van der Waals surface area contributed by atoms with Crippen molar-refractivity contribution in [3.05, 3.63) is 11.1 Å². The summed E-state index contributed by atoms with van der Waals surface area (Å²) in [6, 6.07) is 0. The number of carbonyl (C=O) groups is 1. The SMILES string of the molecule is CCOC(=O)CC1=C(C)CNCC1. The number of ether oxygens (including phenoxy) is 1. The molecular weight excluding hydrogens is 166 g/mol. The number of carbonyl (C=O) groups excluding carboxylic acids is 1. The Hall–Kier alpha value is -0.830. The molecule has 0 aromatic heterocycles. The molecule has 0 aromatic rings. The van der Waals surface area contributed by atoms with Crippen molar-refractivity contribution in [2.24, 2.45) is 0 Å². The van der Waals surface area contributed by atoms with Crippen molar-refractivity contribution in [2.75, 3.05) is 19.7 Å². The van der Waals surface area contributed by atoms with E-state index in [-0.39, 0.29) is 5.97 Å². The molecular formula is C10H17NO2. The third-order valence-electron chi connectivity index (χ3n) is 2.26. The third-order valence-corrected chi connectivity index (χ3v) is 2.26. The fraction of sp³-hybridized carbons (Fsp3) is 0.700. The average Bonchev–Trinajstić information content (AvgIpc) is 2.09. The highest BCUT2D eigenvalue weighted by atomic mass is 16.5. The molecule has 1 aliphatic rings. The lowest BCUT2D eigenvalue weighted by Crippen LogP contribution is -2.25.